The molecule has 1 aromatic heterocycles. The highest BCUT2D eigenvalue weighted by Crippen LogP contribution is 2.31. The van der Waals surface area contributed by atoms with Gasteiger partial charge in [0.15, 0.2) is 12.4 Å². The lowest BCUT2D eigenvalue weighted by atomic mass is 9.86. The summed E-state index contributed by atoms with van der Waals surface area (Å²) in [5.41, 5.74) is 4.03. The fraction of sp³-hybridized carbons (Fsp3) is 0.125. The molecule has 0 spiro atoms. The van der Waals surface area contributed by atoms with Gasteiger partial charge in [0.05, 0.1) is 5.56 Å². The molecule has 0 aliphatic heterocycles. The van der Waals surface area contributed by atoms with E-state index in [0.717, 1.165) is 39.8 Å². The second-order valence-corrected chi connectivity index (χ2v) is 4.79. The molecular formula is C16H13NO3. The first kappa shape index (κ1) is 12.4. The summed E-state index contributed by atoms with van der Waals surface area (Å²) in [7, 11) is 0. The Morgan fingerprint density at radius 2 is 2.15 bits per heavy atom. The number of aromatic carboxylic acids is 1. The van der Waals surface area contributed by atoms with E-state index in [1.165, 1.54) is 12.4 Å². The number of hydrogen-bond donors (Lipinski definition) is 1. The third-order valence-corrected chi connectivity index (χ3v) is 3.50. The van der Waals surface area contributed by atoms with Crippen molar-refractivity contribution in [2.45, 2.75) is 12.8 Å². The average molecular weight is 267 g/mol. The van der Waals surface area contributed by atoms with Crippen LogP contribution in [0.2, 0.25) is 0 Å². The summed E-state index contributed by atoms with van der Waals surface area (Å²) in [6.07, 6.45) is 6.78. The van der Waals surface area contributed by atoms with Crippen LogP contribution in [0.25, 0.3) is 5.57 Å². The second kappa shape index (κ2) is 4.81. The van der Waals surface area contributed by atoms with Crippen LogP contribution in [0.4, 0.5) is 0 Å². The Hall–Kier alpha value is -2.62. The molecule has 0 bridgehead atoms. The van der Waals surface area contributed by atoms with Crippen LogP contribution in [0.5, 0.6) is 0 Å². The molecule has 0 radical (unpaired) electrons. The fourth-order valence-electron chi connectivity index (χ4n) is 2.55. The number of pyridine rings is 1. The van der Waals surface area contributed by atoms with E-state index in [1.54, 1.807) is 18.2 Å². The van der Waals surface area contributed by atoms with Gasteiger partial charge in [0.1, 0.15) is 0 Å². The number of carbonyl (C=O) groups is 1. The van der Waals surface area contributed by atoms with E-state index in [0.29, 0.717) is 0 Å². The number of carboxylic acids is 1. The van der Waals surface area contributed by atoms with Gasteiger partial charge in [-0.2, -0.15) is 4.73 Å². The molecule has 0 atom stereocenters. The Kier molecular flexibility index (Phi) is 2.99. The standard InChI is InChI=1S/C16H13NO3/c18-16(19)12-7-6-11-3-1-5-14(15(11)9-12)13-4-2-8-17(20)10-13/h2,4-10H,1,3H2,(H,18,19). The molecule has 0 saturated heterocycles. The molecule has 1 aliphatic rings. The van der Waals surface area contributed by atoms with E-state index in [1.807, 2.05) is 12.1 Å². The van der Waals surface area contributed by atoms with Crippen LogP contribution in [0.3, 0.4) is 0 Å². The highest BCUT2D eigenvalue weighted by molar-refractivity contribution is 5.91. The van der Waals surface area contributed by atoms with Crippen molar-refractivity contribution in [2.24, 2.45) is 0 Å². The number of nitrogens with zero attached hydrogens (tertiary/aromatic N) is 1. The topological polar surface area (TPSA) is 64.2 Å². The minimum atomic E-state index is -0.940. The van der Waals surface area contributed by atoms with E-state index in [9.17, 15) is 10.0 Å². The summed E-state index contributed by atoms with van der Waals surface area (Å²) >= 11 is 0. The molecule has 3 rings (SSSR count). The Bertz CT molecular complexity index is 719. The van der Waals surface area contributed by atoms with Crippen molar-refractivity contribution < 1.29 is 14.6 Å². The van der Waals surface area contributed by atoms with Gasteiger partial charge < -0.3 is 10.3 Å². The monoisotopic (exact) mass is 267 g/mol. The molecule has 0 unspecified atom stereocenters. The number of benzene rings is 1. The van der Waals surface area contributed by atoms with Gasteiger partial charge in [0.25, 0.3) is 0 Å². The molecule has 0 fully saturated rings. The molecule has 4 heteroatoms. The third-order valence-electron chi connectivity index (χ3n) is 3.50. The van der Waals surface area contributed by atoms with Crippen LogP contribution >= 0.6 is 0 Å². The molecule has 0 saturated carbocycles. The molecule has 0 amide bonds. The molecular weight excluding hydrogens is 254 g/mol. The number of aryl methyl sites for hydroxylation is 1. The number of aromatic nitrogens is 1. The zero-order valence-corrected chi connectivity index (χ0v) is 10.7. The molecule has 2 aromatic rings. The van der Waals surface area contributed by atoms with Crippen molar-refractivity contribution in [3.8, 4) is 0 Å². The zero-order chi connectivity index (χ0) is 14.1. The number of allylic oxidation sites excluding steroid dienone is 1. The molecule has 1 aromatic carbocycles. The van der Waals surface area contributed by atoms with Gasteiger partial charge >= 0.3 is 5.97 Å². The number of rotatable bonds is 2. The fourth-order valence-corrected chi connectivity index (χ4v) is 2.55. The summed E-state index contributed by atoms with van der Waals surface area (Å²) in [6.45, 7) is 0. The van der Waals surface area contributed by atoms with E-state index < -0.39 is 5.97 Å². The van der Waals surface area contributed by atoms with Crippen molar-refractivity contribution in [1.29, 1.82) is 0 Å². The van der Waals surface area contributed by atoms with Gasteiger partial charge in [-0.15, -0.1) is 0 Å². The zero-order valence-electron chi connectivity index (χ0n) is 10.7. The van der Waals surface area contributed by atoms with Gasteiger partial charge in [-0.25, -0.2) is 4.79 Å². The Balaban J connectivity index is 2.14. The van der Waals surface area contributed by atoms with Gasteiger partial charge in [-0.3, -0.25) is 0 Å². The lowest BCUT2D eigenvalue weighted by Crippen LogP contribution is -2.24. The van der Waals surface area contributed by atoms with Crippen molar-refractivity contribution >= 4 is 11.5 Å². The Morgan fingerprint density at radius 3 is 2.90 bits per heavy atom. The third kappa shape index (κ3) is 2.16. The Morgan fingerprint density at radius 1 is 1.30 bits per heavy atom. The van der Waals surface area contributed by atoms with Gasteiger partial charge in [0.2, 0.25) is 0 Å². The number of hydrogen-bond acceptors (Lipinski definition) is 2. The predicted molar refractivity (Wildman–Crippen MR) is 74.2 cm³/mol. The summed E-state index contributed by atoms with van der Waals surface area (Å²) in [5, 5.41) is 20.5. The van der Waals surface area contributed by atoms with Crippen LogP contribution in [0, 0.1) is 5.21 Å². The van der Waals surface area contributed by atoms with Crippen LogP contribution in [0.1, 0.15) is 33.5 Å². The molecule has 1 N–H and O–H groups in total. The maximum Gasteiger partial charge on any atom is 0.335 e. The maximum absolute atomic E-state index is 11.4. The van der Waals surface area contributed by atoms with Crippen molar-refractivity contribution in [3.05, 3.63) is 76.3 Å². The minimum absolute atomic E-state index is 0.266. The first-order valence-electron chi connectivity index (χ1n) is 6.41. The highest BCUT2D eigenvalue weighted by Gasteiger charge is 2.17. The maximum atomic E-state index is 11.4. The van der Waals surface area contributed by atoms with Gasteiger partial charge in [-0.05, 0) is 47.7 Å². The van der Waals surface area contributed by atoms with Crippen LogP contribution < -0.4 is 4.73 Å². The molecule has 4 nitrogen and oxygen atoms in total. The van der Waals surface area contributed by atoms with E-state index in [2.05, 4.69) is 6.08 Å². The van der Waals surface area contributed by atoms with E-state index in [4.69, 9.17) is 5.11 Å². The normalized spacial score (nSPS) is 13.5. The van der Waals surface area contributed by atoms with Crippen LogP contribution in [-0.2, 0) is 6.42 Å². The average Bonchev–Trinajstić information content (AvgIpc) is 2.46. The van der Waals surface area contributed by atoms with Crippen LogP contribution in [-0.4, -0.2) is 11.1 Å². The number of fused-ring (bicyclic) bond motifs is 1. The van der Waals surface area contributed by atoms with Crippen molar-refractivity contribution in [1.82, 2.24) is 0 Å². The summed E-state index contributed by atoms with van der Waals surface area (Å²) < 4.78 is 0.755. The van der Waals surface area contributed by atoms with Crippen molar-refractivity contribution in [3.63, 3.8) is 0 Å². The predicted octanol–water partition coefficient (Wildman–Crippen LogP) is 2.40. The molecule has 20 heavy (non-hydrogen) atoms. The van der Waals surface area contributed by atoms with Gasteiger partial charge in [0, 0.05) is 11.6 Å². The second-order valence-electron chi connectivity index (χ2n) is 4.79. The number of carboxylic acid groups (broad SMARTS) is 1. The quantitative estimate of drug-likeness (QED) is 0.671. The Labute approximate surface area is 116 Å². The highest BCUT2D eigenvalue weighted by atomic mass is 16.5. The molecule has 1 heterocycles. The summed E-state index contributed by atoms with van der Waals surface area (Å²) in [5.74, 6) is -0.940. The summed E-state index contributed by atoms with van der Waals surface area (Å²) in [4.78, 5) is 11.1. The lowest BCUT2D eigenvalue weighted by Gasteiger charge is -2.18. The van der Waals surface area contributed by atoms with Crippen molar-refractivity contribution in [2.75, 3.05) is 0 Å². The lowest BCUT2D eigenvalue weighted by molar-refractivity contribution is -0.605. The molecule has 1 aliphatic carbocycles. The SMILES string of the molecule is O=C(O)c1ccc2c(c1)C(c1ccc[n+]([O-])c1)=CCC2. The first-order chi connectivity index (χ1) is 9.65. The first-order valence-corrected chi connectivity index (χ1v) is 6.41. The largest absolute Gasteiger partial charge is 0.619 e. The smallest absolute Gasteiger partial charge is 0.335 e. The van der Waals surface area contributed by atoms with Gasteiger partial charge in [-0.1, -0.05) is 12.1 Å². The van der Waals surface area contributed by atoms with E-state index >= 15 is 0 Å². The molecule has 100 valence electrons. The van der Waals surface area contributed by atoms with E-state index in [-0.39, 0.29) is 5.56 Å². The summed E-state index contributed by atoms with van der Waals surface area (Å²) in [6, 6.07) is 8.73. The minimum Gasteiger partial charge on any atom is -0.619 e. The van der Waals surface area contributed by atoms with Crippen LogP contribution in [0.15, 0.2) is 48.8 Å².